The van der Waals surface area contributed by atoms with Gasteiger partial charge in [-0.2, -0.15) is 0 Å². The monoisotopic (exact) mass is 231 g/mol. The largest absolute Gasteiger partial charge is 0.472 e. The predicted octanol–water partition coefficient (Wildman–Crippen LogP) is 2.97. The van der Waals surface area contributed by atoms with Crippen molar-refractivity contribution in [3.63, 3.8) is 0 Å². The second kappa shape index (κ2) is 3.73. The molecule has 1 atom stereocenters. The third-order valence-corrected chi connectivity index (χ3v) is 3.35. The average molecular weight is 231 g/mol. The molecule has 0 spiro atoms. The van der Waals surface area contributed by atoms with Crippen molar-refractivity contribution < 1.29 is 9.52 Å². The summed E-state index contributed by atoms with van der Waals surface area (Å²) in [6.07, 6.45) is 4.13. The van der Waals surface area contributed by atoms with Crippen LogP contribution >= 0.6 is 11.3 Å². The number of hydrogen-bond donors (Lipinski definition) is 1. The van der Waals surface area contributed by atoms with E-state index in [1.807, 2.05) is 17.5 Å². The number of aromatic nitrogens is 1. The zero-order valence-electron chi connectivity index (χ0n) is 8.33. The highest BCUT2D eigenvalue weighted by Crippen LogP contribution is 2.26. The summed E-state index contributed by atoms with van der Waals surface area (Å²) in [4.78, 5) is 4.29. The molecule has 0 fully saturated rings. The minimum Gasteiger partial charge on any atom is -0.472 e. The third-order valence-electron chi connectivity index (χ3n) is 2.50. The fourth-order valence-electron chi connectivity index (χ4n) is 1.63. The molecule has 3 aromatic heterocycles. The maximum atomic E-state index is 10.1. The quantitative estimate of drug-likeness (QED) is 0.737. The highest BCUT2D eigenvalue weighted by molar-refractivity contribution is 7.17. The van der Waals surface area contributed by atoms with Crippen LogP contribution in [0.15, 0.2) is 46.7 Å². The lowest BCUT2D eigenvalue weighted by molar-refractivity contribution is 0.219. The lowest BCUT2D eigenvalue weighted by atomic mass is 10.1. The summed E-state index contributed by atoms with van der Waals surface area (Å²) >= 11 is 1.62. The van der Waals surface area contributed by atoms with Crippen LogP contribution in [0.3, 0.4) is 0 Å². The SMILES string of the molecule is OC(c1ccoc1)c1cnc2ccsc2c1. The van der Waals surface area contributed by atoms with Gasteiger partial charge in [-0.15, -0.1) is 11.3 Å². The number of furan rings is 1. The Kier molecular flexibility index (Phi) is 2.23. The van der Waals surface area contributed by atoms with E-state index in [1.165, 1.54) is 0 Å². The second-order valence-corrected chi connectivity index (χ2v) is 4.48. The van der Waals surface area contributed by atoms with Crippen LogP contribution in [0.25, 0.3) is 10.2 Å². The van der Waals surface area contributed by atoms with E-state index < -0.39 is 6.10 Å². The van der Waals surface area contributed by atoms with E-state index in [-0.39, 0.29) is 0 Å². The van der Waals surface area contributed by atoms with Crippen molar-refractivity contribution >= 4 is 21.6 Å². The molecule has 3 aromatic rings. The van der Waals surface area contributed by atoms with Crippen LogP contribution in [-0.2, 0) is 0 Å². The molecule has 16 heavy (non-hydrogen) atoms. The molecule has 0 saturated carbocycles. The summed E-state index contributed by atoms with van der Waals surface area (Å²) in [6, 6.07) is 5.68. The molecule has 1 N–H and O–H groups in total. The van der Waals surface area contributed by atoms with Gasteiger partial charge in [-0.25, -0.2) is 0 Å². The standard InChI is InChI=1S/C12H9NO2S/c14-12(8-1-3-15-7-8)9-5-11-10(13-6-9)2-4-16-11/h1-7,12,14H. The molecule has 0 aromatic carbocycles. The van der Waals surface area contributed by atoms with Crippen molar-refractivity contribution in [3.8, 4) is 0 Å². The Morgan fingerprint density at radius 2 is 2.25 bits per heavy atom. The second-order valence-electron chi connectivity index (χ2n) is 3.53. The van der Waals surface area contributed by atoms with Crippen LogP contribution in [0.1, 0.15) is 17.2 Å². The minimum atomic E-state index is -0.669. The van der Waals surface area contributed by atoms with E-state index in [9.17, 15) is 5.11 Å². The zero-order valence-corrected chi connectivity index (χ0v) is 9.15. The van der Waals surface area contributed by atoms with Crippen LogP contribution < -0.4 is 0 Å². The van der Waals surface area contributed by atoms with Crippen molar-refractivity contribution in [2.75, 3.05) is 0 Å². The first kappa shape index (κ1) is 9.57. The van der Waals surface area contributed by atoms with E-state index in [4.69, 9.17) is 4.42 Å². The Bertz CT molecular complexity index is 600. The maximum Gasteiger partial charge on any atom is 0.109 e. The number of aliphatic hydroxyl groups is 1. The van der Waals surface area contributed by atoms with Gasteiger partial charge in [-0.1, -0.05) is 0 Å². The third kappa shape index (κ3) is 1.52. The molecule has 1 unspecified atom stereocenters. The summed E-state index contributed by atoms with van der Waals surface area (Å²) in [5, 5.41) is 12.1. The number of aliphatic hydroxyl groups excluding tert-OH is 1. The maximum absolute atomic E-state index is 10.1. The van der Waals surface area contributed by atoms with Crippen molar-refractivity contribution in [2.45, 2.75) is 6.10 Å². The van der Waals surface area contributed by atoms with Gasteiger partial charge in [0.05, 0.1) is 22.7 Å². The van der Waals surface area contributed by atoms with Gasteiger partial charge >= 0.3 is 0 Å². The van der Waals surface area contributed by atoms with Gasteiger partial charge in [0.2, 0.25) is 0 Å². The lowest BCUT2D eigenvalue weighted by Crippen LogP contribution is -1.98. The molecule has 3 rings (SSSR count). The highest BCUT2D eigenvalue weighted by Gasteiger charge is 2.12. The molecule has 0 amide bonds. The smallest absolute Gasteiger partial charge is 0.109 e. The van der Waals surface area contributed by atoms with Gasteiger partial charge in [0.15, 0.2) is 0 Å². The number of thiophene rings is 1. The number of rotatable bonds is 2. The molecule has 0 bridgehead atoms. The van der Waals surface area contributed by atoms with E-state index in [1.54, 1.807) is 36.1 Å². The number of pyridine rings is 1. The number of fused-ring (bicyclic) bond motifs is 1. The van der Waals surface area contributed by atoms with Gasteiger partial charge in [-0.05, 0) is 23.6 Å². The first-order valence-corrected chi connectivity index (χ1v) is 5.76. The van der Waals surface area contributed by atoms with E-state index in [0.29, 0.717) is 0 Å². The van der Waals surface area contributed by atoms with Crippen molar-refractivity contribution in [1.82, 2.24) is 4.98 Å². The van der Waals surface area contributed by atoms with E-state index in [2.05, 4.69) is 4.98 Å². The lowest BCUT2D eigenvalue weighted by Gasteiger charge is -2.07. The van der Waals surface area contributed by atoms with Crippen molar-refractivity contribution in [2.24, 2.45) is 0 Å². The molecule has 0 radical (unpaired) electrons. The highest BCUT2D eigenvalue weighted by atomic mass is 32.1. The van der Waals surface area contributed by atoms with Gasteiger partial charge in [-0.3, -0.25) is 4.98 Å². The molecule has 0 saturated heterocycles. The molecule has 0 aliphatic rings. The number of nitrogens with zero attached hydrogens (tertiary/aromatic N) is 1. The van der Waals surface area contributed by atoms with Crippen LogP contribution in [0.2, 0.25) is 0 Å². The van der Waals surface area contributed by atoms with Gasteiger partial charge in [0.25, 0.3) is 0 Å². The average Bonchev–Trinajstić information content (AvgIpc) is 2.98. The van der Waals surface area contributed by atoms with Gasteiger partial charge in [0, 0.05) is 17.3 Å². The van der Waals surface area contributed by atoms with Crippen LogP contribution in [0.5, 0.6) is 0 Å². The van der Waals surface area contributed by atoms with Crippen molar-refractivity contribution in [3.05, 3.63) is 53.4 Å². The zero-order chi connectivity index (χ0) is 11.0. The molecule has 0 aliphatic carbocycles. The first-order valence-electron chi connectivity index (χ1n) is 4.88. The fourth-order valence-corrected chi connectivity index (χ4v) is 2.42. The Labute approximate surface area is 96.0 Å². The summed E-state index contributed by atoms with van der Waals surface area (Å²) in [6.45, 7) is 0. The fraction of sp³-hybridized carbons (Fsp3) is 0.0833. The van der Waals surface area contributed by atoms with Crippen molar-refractivity contribution in [1.29, 1.82) is 0 Å². The molecule has 4 heteroatoms. The summed E-state index contributed by atoms with van der Waals surface area (Å²) in [5.74, 6) is 0. The molecule has 0 aliphatic heterocycles. The summed E-state index contributed by atoms with van der Waals surface area (Å²) < 4.78 is 6.04. The first-order chi connectivity index (χ1) is 7.84. The predicted molar refractivity (Wildman–Crippen MR) is 62.4 cm³/mol. The Morgan fingerprint density at radius 3 is 3.06 bits per heavy atom. The molecular formula is C12H9NO2S. The molecule has 3 nitrogen and oxygen atoms in total. The summed E-state index contributed by atoms with van der Waals surface area (Å²) in [5.41, 5.74) is 2.50. The number of hydrogen-bond acceptors (Lipinski definition) is 4. The van der Waals surface area contributed by atoms with E-state index >= 15 is 0 Å². The normalized spacial score (nSPS) is 13.1. The van der Waals surface area contributed by atoms with Gasteiger partial charge < -0.3 is 9.52 Å². The molecule has 80 valence electrons. The van der Waals surface area contributed by atoms with Crippen LogP contribution in [-0.4, -0.2) is 10.1 Å². The molecular weight excluding hydrogens is 222 g/mol. The van der Waals surface area contributed by atoms with Gasteiger partial charge in [0.1, 0.15) is 6.10 Å². The minimum absolute atomic E-state index is 0.669. The summed E-state index contributed by atoms with van der Waals surface area (Å²) in [7, 11) is 0. The van der Waals surface area contributed by atoms with Crippen LogP contribution in [0.4, 0.5) is 0 Å². The van der Waals surface area contributed by atoms with Crippen LogP contribution in [0, 0.1) is 0 Å². The van der Waals surface area contributed by atoms with E-state index in [0.717, 1.165) is 21.3 Å². The Hall–Kier alpha value is -1.65. The topological polar surface area (TPSA) is 46.3 Å². The molecule has 3 heterocycles. The Balaban J connectivity index is 2.05. The Morgan fingerprint density at radius 1 is 1.31 bits per heavy atom.